The van der Waals surface area contributed by atoms with E-state index in [0.717, 1.165) is 5.82 Å². The molecule has 0 aliphatic heterocycles. The summed E-state index contributed by atoms with van der Waals surface area (Å²) >= 11 is 5.99. The third kappa shape index (κ3) is 1.24. The first kappa shape index (κ1) is 8.12. The number of aromatic amines is 1. The van der Waals surface area contributed by atoms with E-state index in [0.29, 0.717) is 11.1 Å². The fourth-order valence-electron chi connectivity index (χ4n) is 1.60. The fraction of sp³-hybridized carbons (Fsp3) is 0.300. The van der Waals surface area contributed by atoms with Crippen LogP contribution in [0.1, 0.15) is 24.5 Å². The van der Waals surface area contributed by atoms with Crippen LogP contribution >= 0.6 is 11.6 Å². The average molecular weight is 208 g/mol. The highest BCUT2D eigenvalue weighted by atomic mass is 35.5. The zero-order chi connectivity index (χ0) is 9.54. The molecule has 0 unspecified atom stereocenters. The van der Waals surface area contributed by atoms with E-state index >= 15 is 0 Å². The van der Waals surface area contributed by atoms with Crippen molar-refractivity contribution < 1.29 is 0 Å². The molecule has 0 atom stereocenters. The van der Waals surface area contributed by atoms with E-state index in [4.69, 9.17) is 11.6 Å². The minimum Gasteiger partial charge on any atom is -0.290 e. The highest BCUT2D eigenvalue weighted by Gasteiger charge is 2.25. The van der Waals surface area contributed by atoms with Crippen LogP contribution < -0.4 is 0 Å². The Bertz CT molecular complexity index is 453. The minimum absolute atomic E-state index is 0.693. The third-order valence-electron chi connectivity index (χ3n) is 2.55. The van der Waals surface area contributed by atoms with Gasteiger partial charge in [0.05, 0.1) is 0 Å². The second kappa shape index (κ2) is 2.89. The lowest BCUT2D eigenvalue weighted by Gasteiger charge is -1.97. The van der Waals surface area contributed by atoms with Gasteiger partial charge >= 0.3 is 0 Å². The van der Waals surface area contributed by atoms with Gasteiger partial charge in [-0.1, -0.05) is 11.6 Å². The van der Waals surface area contributed by atoms with E-state index in [1.807, 2.05) is 22.9 Å². The van der Waals surface area contributed by atoms with Crippen LogP contribution in [0.15, 0.2) is 24.4 Å². The monoisotopic (exact) mass is 207 g/mol. The molecular weight excluding hydrogens is 198 g/mol. The highest BCUT2D eigenvalue weighted by Crippen LogP contribution is 2.39. The number of hydrogen-bond donors (Lipinski definition) is 1. The van der Waals surface area contributed by atoms with E-state index in [2.05, 4.69) is 16.3 Å². The quantitative estimate of drug-likeness (QED) is 0.807. The smallest absolute Gasteiger partial charge is 0.159 e. The lowest BCUT2D eigenvalue weighted by atomic mass is 10.3. The van der Waals surface area contributed by atoms with Crippen molar-refractivity contribution in [2.24, 2.45) is 0 Å². The van der Waals surface area contributed by atoms with Crippen LogP contribution in [0.3, 0.4) is 0 Å². The second-order valence-corrected chi connectivity index (χ2v) is 4.04. The van der Waals surface area contributed by atoms with Crippen LogP contribution in [-0.4, -0.2) is 14.8 Å². The Labute approximate surface area is 86.7 Å². The maximum Gasteiger partial charge on any atom is 0.159 e. The predicted octanol–water partition coefficient (Wildman–Crippen LogP) is 2.73. The number of halogens is 1. The molecule has 1 fully saturated rings. The summed E-state index contributed by atoms with van der Waals surface area (Å²) in [5.74, 6) is 1.58. The van der Waals surface area contributed by atoms with E-state index in [1.54, 1.807) is 0 Å². The van der Waals surface area contributed by atoms with Crippen molar-refractivity contribution in [1.29, 1.82) is 0 Å². The zero-order valence-corrected chi connectivity index (χ0v) is 8.33. The molecule has 1 aliphatic carbocycles. The van der Waals surface area contributed by atoms with Crippen molar-refractivity contribution in [3.05, 3.63) is 35.2 Å². The second-order valence-electron chi connectivity index (χ2n) is 3.66. The van der Waals surface area contributed by atoms with E-state index < -0.39 is 0 Å². The van der Waals surface area contributed by atoms with Gasteiger partial charge in [-0.15, -0.1) is 0 Å². The average Bonchev–Trinajstić information content (AvgIpc) is 2.75. The Morgan fingerprint density at radius 2 is 2.36 bits per heavy atom. The van der Waals surface area contributed by atoms with E-state index in [-0.39, 0.29) is 0 Å². The summed E-state index contributed by atoms with van der Waals surface area (Å²) in [6, 6.07) is 5.84. The van der Waals surface area contributed by atoms with Gasteiger partial charge in [0.2, 0.25) is 0 Å². The topological polar surface area (TPSA) is 33.6 Å². The summed E-state index contributed by atoms with van der Waals surface area (Å²) in [7, 11) is 0. The molecule has 0 amide bonds. The SMILES string of the molecule is Clc1cccn1-c1cc(C2CC2)[nH]n1. The molecule has 2 heterocycles. The summed E-state index contributed by atoms with van der Waals surface area (Å²) < 4.78 is 1.87. The number of aromatic nitrogens is 3. The van der Waals surface area contributed by atoms with Gasteiger partial charge < -0.3 is 0 Å². The number of rotatable bonds is 2. The van der Waals surface area contributed by atoms with Gasteiger partial charge in [0.15, 0.2) is 5.82 Å². The van der Waals surface area contributed by atoms with Crippen LogP contribution in [0.25, 0.3) is 5.82 Å². The molecule has 1 N–H and O–H groups in total. The van der Waals surface area contributed by atoms with Crippen LogP contribution in [0.4, 0.5) is 0 Å². The lowest BCUT2D eigenvalue weighted by Crippen LogP contribution is -1.90. The van der Waals surface area contributed by atoms with Gasteiger partial charge in [-0.3, -0.25) is 9.67 Å². The lowest BCUT2D eigenvalue weighted by molar-refractivity contribution is 0.930. The molecule has 0 saturated heterocycles. The normalized spacial score (nSPS) is 16.1. The van der Waals surface area contributed by atoms with Crippen molar-refractivity contribution in [1.82, 2.24) is 14.8 Å². The minimum atomic E-state index is 0.693. The molecule has 0 bridgehead atoms. The molecular formula is C10H10ClN3. The molecule has 2 aromatic rings. The Balaban J connectivity index is 1.99. The number of nitrogens with one attached hydrogen (secondary N) is 1. The van der Waals surface area contributed by atoms with Gasteiger partial charge in [-0.25, -0.2) is 0 Å². The summed E-state index contributed by atoms with van der Waals surface area (Å²) in [6.45, 7) is 0. The Morgan fingerprint density at radius 3 is 3.00 bits per heavy atom. The maximum absolute atomic E-state index is 5.99. The Kier molecular flexibility index (Phi) is 1.67. The maximum atomic E-state index is 5.99. The van der Waals surface area contributed by atoms with Gasteiger partial charge in [0.1, 0.15) is 5.15 Å². The van der Waals surface area contributed by atoms with Gasteiger partial charge in [0, 0.05) is 23.9 Å². The largest absolute Gasteiger partial charge is 0.290 e. The molecule has 0 spiro atoms. The predicted molar refractivity (Wildman–Crippen MR) is 54.9 cm³/mol. The molecule has 72 valence electrons. The molecule has 14 heavy (non-hydrogen) atoms. The van der Waals surface area contributed by atoms with Gasteiger partial charge in [-0.2, -0.15) is 5.10 Å². The zero-order valence-electron chi connectivity index (χ0n) is 7.57. The first-order chi connectivity index (χ1) is 6.84. The molecule has 4 heteroatoms. The molecule has 2 aromatic heterocycles. The van der Waals surface area contributed by atoms with Gasteiger partial charge in [0.25, 0.3) is 0 Å². The van der Waals surface area contributed by atoms with Crippen LogP contribution in [0, 0.1) is 0 Å². The van der Waals surface area contributed by atoms with Crippen molar-refractivity contribution in [3.63, 3.8) is 0 Å². The summed E-state index contributed by atoms with van der Waals surface area (Å²) in [5.41, 5.74) is 1.23. The molecule has 3 nitrogen and oxygen atoms in total. The van der Waals surface area contributed by atoms with Crippen LogP contribution in [-0.2, 0) is 0 Å². The number of nitrogens with zero attached hydrogens (tertiary/aromatic N) is 2. The van der Waals surface area contributed by atoms with Crippen molar-refractivity contribution in [2.75, 3.05) is 0 Å². The molecule has 1 aliphatic rings. The summed E-state index contributed by atoms with van der Waals surface area (Å²) in [6.07, 6.45) is 4.47. The van der Waals surface area contributed by atoms with Crippen molar-refractivity contribution in [3.8, 4) is 5.82 Å². The Hall–Kier alpha value is -1.22. The summed E-state index contributed by atoms with van der Waals surface area (Å²) in [5, 5.41) is 7.98. The summed E-state index contributed by atoms with van der Waals surface area (Å²) in [4.78, 5) is 0. The standard InChI is InChI=1S/C10H10ClN3/c11-9-2-1-5-14(9)10-6-8(12-13-10)7-3-4-7/h1-2,5-7H,3-4H2,(H,12,13). The number of H-pyrrole nitrogens is 1. The third-order valence-corrected chi connectivity index (χ3v) is 2.86. The van der Waals surface area contributed by atoms with Crippen LogP contribution in [0.5, 0.6) is 0 Å². The van der Waals surface area contributed by atoms with E-state index in [9.17, 15) is 0 Å². The van der Waals surface area contributed by atoms with Crippen molar-refractivity contribution in [2.45, 2.75) is 18.8 Å². The fourth-order valence-corrected chi connectivity index (χ4v) is 1.81. The van der Waals surface area contributed by atoms with Crippen molar-refractivity contribution >= 4 is 11.6 Å². The molecule has 0 aromatic carbocycles. The molecule has 1 saturated carbocycles. The van der Waals surface area contributed by atoms with E-state index in [1.165, 1.54) is 18.5 Å². The Morgan fingerprint density at radius 1 is 1.50 bits per heavy atom. The first-order valence-electron chi connectivity index (χ1n) is 4.73. The highest BCUT2D eigenvalue weighted by molar-refractivity contribution is 6.29. The first-order valence-corrected chi connectivity index (χ1v) is 5.11. The van der Waals surface area contributed by atoms with Crippen LogP contribution in [0.2, 0.25) is 5.15 Å². The number of hydrogen-bond acceptors (Lipinski definition) is 1. The van der Waals surface area contributed by atoms with Gasteiger partial charge in [-0.05, 0) is 25.0 Å². The molecule has 3 rings (SSSR count). The molecule has 0 radical (unpaired) electrons.